The van der Waals surface area contributed by atoms with Crippen molar-refractivity contribution in [2.75, 3.05) is 0 Å². The van der Waals surface area contributed by atoms with Crippen LogP contribution >= 0.6 is 0 Å². The Morgan fingerprint density at radius 1 is 0.714 bits per heavy atom. The van der Waals surface area contributed by atoms with Crippen molar-refractivity contribution < 1.29 is 0 Å². The van der Waals surface area contributed by atoms with Crippen LogP contribution in [0.4, 0.5) is 0 Å². The Morgan fingerprint density at radius 2 is 1.07 bits per heavy atom. The number of fused-ring (bicyclic) bond motifs is 1. The molecule has 1 aromatic rings. The molecular weight excluding hydrogens is 168 g/mol. The molecular formula is C14H18. The highest BCUT2D eigenvalue weighted by Gasteiger charge is 2.31. The van der Waals surface area contributed by atoms with E-state index in [-0.39, 0.29) is 10.8 Å². The summed E-state index contributed by atoms with van der Waals surface area (Å²) in [6, 6.07) is 8.77. The van der Waals surface area contributed by atoms with Crippen LogP contribution in [-0.2, 0) is 10.8 Å². The Hall–Kier alpha value is -1.04. The van der Waals surface area contributed by atoms with E-state index >= 15 is 0 Å². The highest BCUT2D eigenvalue weighted by Crippen LogP contribution is 2.40. The predicted molar refractivity (Wildman–Crippen MR) is 61.6 cm³/mol. The summed E-state index contributed by atoms with van der Waals surface area (Å²) in [4.78, 5) is 0. The monoisotopic (exact) mass is 186 g/mol. The van der Waals surface area contributed by atoms with Gasteiger partial charge < -0.3 is 0 Å². The summed E-state index contributed by atoms with van der Waals surface area (Å²) in [5.74, 6) is 0. The number of rotatable bonds is 0. The highest BCUT2D eigenvalue weighted by atomic mass is 14.4. The lowest BCUT2D eigenvalue weighted by Crippen LogP contribution is -2.28. The van der Waals surface area contributed by atoms with Gasteiger partial charge in [-0.05, 0) is 11.1 Å². The molecule has 0 atom stereocenters. The van der Waals surface area contributed by atoms with Gasteiger partial charge in [-0.1, -0.05) is 64.1 Å². The van der Waals surface area contributed by atoms with Crippen molar-refractivity contribution in [2.45, 2.75) is 38.5 Å². The molecule has 0 amide bonds. The molecule has 0 aliphatic heterocycles. The normalized spacial score (nSPS) is 21.7. The van der Waals surface area contributed by atoms with Gasteiger partial charge in [0.05, 0.1) is 0 Å². The number of hydrogen-bond donors (Lipinski definition) is 0. The first-order valence-electron chi connectivity index (χ1n) is 5.24. The molecule has 0 aromatic heterocycles. The van der Waals surface area contributed by atoms with Crippen molar-refractivity contribution in [3.8, 4) is 0 Å². The van der Waals surface area contributed by atoms with Gasteiger partial charge in [-0.15, -0.1) is 0 Å². The summed E-state index contributed by atoms with van der Waals surface area (Å²) < 4.78 is 0. The third-order valence-electron chi connectivity index (χ3n) is 3.23. The molecule has 2 rings (SSSR count). The molecule has 0 saturated heterocycles. The number of allylic oxidation sites excluding steroid dienone is 2. The van der Waals surface area contributed by atoms with E-state index in [1.54, 1.807) is 0 Å². The Labute approximate surface area is 86.7 Å². The van der Waals surface area contributed by atoms with Gasteiger partial charge >= 0.3 is 0 Å². The largest absolute Gasteiger partial charge is 0.0776 e. The van der Waals surface area contributed by atoms with E-state index in [1.165, 1.54) is 11.1 Å². The first kappa shape index (κ1) is 9.51. The van der Waals surface area contributed by atoms with Gasteiger partial charge in [0.1, 0.15) is 0 Å². The third kappa shape index (κ3) is 1.30. The van der Waals surface area contributed by atoms with Crippen LogP contribution in [0.5, 0.6) is 0 Å². The topological polar surface area (TPSA) is 0 Å². The van der Waals surface area contributed by atoms with Gasteiger partial charge in [0.25, 0.3) is 0 Å². The van der Waals surface area contributed by atoms with Crippen molar-refractivity contribution in [1.29, 1.82) is 0 Å². The molecule has 0 N–H and O–H groups in total. The molecule has 74 valence electrons. The molecule has 0 saturated carbocycles. The second-order valence-corrected chi connectivity index (χ2v) is 5.32. The fourth-order valence-electron chi connectivity index (χ4n) is 2.20. The molecule has 0 radical (unpaired) electrons. The number of hydrogen-bond acceptors (Lipinski definition) is 0. The summed E-state index contributed by atoms with van der Waals surface area (Å²) in [5.41, 5.74) is 3.30. The first-order chi connectivity index (χ1) is 6.43. The second-order valence-electron chi connectivity index (χ2n) is 5.32. The Kier molecular flexibility index (Phi) is 1.85. The van der Waals surface area contributed by atoms with Gasteiger partial charge in [-0.25, -0.2) is 0 Å². The van der Waals surface area contributed by atoms with Crippen LogP contribution in [0.15, 0.2) is 36.4 Å². The molecule has 0 spiro atoms. The van der Waals surface area contributed by atoms with E-state index in [2.05, 4.69) is 64.1 Å². The molecule has 14 heavy (non-hydrogen) atoms. The van der Waals surface area contributed by atoms with Crippen molar-refractivity contribution >= 4 is 0 Å². The Balaban J connectivity index is 2.68. The van der Waals surface area contributed by atoms with Gasteiger partial charge in [-0.2, -0.15) is 0 Å². The van der Waals surface area contributed by atoms with Crippen molar-refractivity contribution in [1.82, 2.24) is 0 Å². The van der Waals surface area contributed by atoms with E-state index < -0.39 is 0 Å². The van der Waals surface area contributed by atoms with E-state index in [0.717, 1.165) is 0 Å². The first-order valence-corrected chi connectivity index (χ1v) is 5.24. The standard InChI is InChI=1S/C14H18/c1-13(2)9-10-14(3,4)12-8-6-5-7-11(12)13/h5-10H,1-4H3. The van der Waals surface area contributed by atoms with Crippen LogP contribution in [0.2, 0.25) is 0 Å². The smallest absolute Gasteiger partial charge is 0.00786 e. The maximum absolute atomic E-state index is 2.33. The molecule has 0 unspecified atom stereocenters. The summed E-state index contributed by atoms with van der Waals surface area (Å²) >= 11 is 0. The average Bonchev–Trinajstić information content (AvgIpc) is 2.14. The maximum atomic E-state index is 2.33. The van der Waals surface area contributed by atoms with Gasteiger partial charge in [0, 0.05) is 10.8 Å². The van der Waals surface area contributed by atoms with Crippen LogP contribution in [-0.4, -0.2) is 0 Å². The molecule has 1 aliphatic carbocycles. The van der Waals surface area contributed by atoms with Crippen molar-refractivity contribution in [3.63, 3.8) is 0 Å². The Bertz CT molecular complexity index is 344. The fraction of sp³-hybridized carbons (Fsp3) is 0.429. The molecule has 0 heterocycles. The second kappa shape index (κ2) is 2.73. The van der Waals surface area contributed by atoms with E-state index in [1.807, 2.05) is 0 Å². The molecule has 1 aliphatic rings. The zero-order valence-corrected chi connectivity index (χ0v) is 9.46. The van der Waals surface area contributed by atoms with Gasteiger partial charge in [0.2, 0.25) is 0 Å². The highest BCUT2D eigenvalue weighted by molar-refractivity contribution is 5.47. The predicted octanol–water partition coefficient (Wildman–Crippen LogP) is 3.81. The quantitative estimate of drug-likeness (QED) is 0.540. The van der Waals surface area contributed by atoms with Crippen LogP contribution in [0, 0.1) is 0 Å². The summed E-state index contributed by atoms with van der Waals surface area (Å²) in [5, 5.41) is 0. The zero-order valence-electron chi connectivity index (χ0n) is 9.46. The third-order valence-corrected chi connectivity index (χ3v) is 3.23. The van der Waals surface area contributed by atoms with Gasteiger partial charge in [0.15, 0.2) is 0 Å². The van der Waals surface area contributed by atoms with Crippen LogP contribution in [0.1, 0.15) is 38.8 Å². The minimum atomic E-state index is 0.187. The summed E-state index contributed by atoms with van der Waals surface area (Å²) in [6.45, 7) is 9.10. The number of benzene rings is 1. The van der Waals surface area contributed by atoms with E-state index in [9.17, 15) is 0 Å². The molecule has 1 aromatic carbocycles. The van der Waals surface area contributed by atoms with E-state index in [0.29, 0.717) is 0 Å². The molecule has 0 nitrogen and oxygen atoms in total. The summed E-state index contributed by atoms with van der Waals surface area (Å²) in [6.07, 6.45) is 4.66. The SMILES string of the molecule is CC1(C)C=CC(C)(C)c2ccccc21. The van der Waals surface area contributed by atoms with Crippen LogP contribution < -0.4 is 0 Å². The van der Waals surface area contributed by atoms with Crippen LogP contribution in [0.3, 0.4) is 0 Å². The van der Waals surface area contributed by atoms with E-state index in [4.69, 9.17) is 0 Å². The fourth-order valence-corrected chi connectivity index (χ4v) is 2.20. The van der Waals surface area contributed by atoms with Crippen molar-refractivity contribution in [3.05, 3.63) is 47.5 Å². The molecule has 0 heteroatoms. The maximum Gasteiger partial charge on any atom is 0.00786 e. The molecule has 0 bridgehead atoms. The molecule has 0 fully saturated rings. The van der Waals surface area contributed by atoms with Crippen molar-refractivity contribution in [2.24, 2.45) is 0 Å². The van der Waals surface area contributed by atoms with Gasteiger partial charge in [-0.3, -0.25) is 0 Å². The average molecular weight is 186 g/mol. The lowest BCUT2D eigenvalue weighted by atomic mass is 9.68. The zero-order chi connectivity index (χ0) is 10.4. The minimum Gasteiger partial charge on any atom is -0.0776 e. The minimum absolute atomic E-state index is 0.187. The van der Waals surface area contributed by atoms with Crippen LogP contribution in [0.25, 0.3) is 0 Å². The lowest BCUT2D eigenvalue weighted by molar-refractivity contribution is 0.563. The lowest BCUT2D eigenvalue weighted by Gasteiger charge is -2.36. The summed E-state index contributed by atoms with van der Waals surface area (Å²) in [7, 11) is 0. The Morgan fingerprint density at radius 3 is 1.43 bits per heavy atom.